The van der Waals surface area contributed by atoms with Gasteiger partial charge in [-0.05, 0) is 36.0 Å². The molecule has 1 aromatic rings. The highest BCUT2D eigenvalue weighted by Gasteiger charge is 2.11. The molecule has 0 aliphatic heterocycles. The van der Waals surface area contributed by atoms with Crippen molar-refractivity contribution in [3.8, 4) is 11.5 Å². The quantitative estimate of drug-likeness (QED) is 0.777. The molecule has 0 spiro atoms. The van der Waals surface area contributed by atoms with Crippen LogP contribution in [0.5, 0.6) is 11.5 Å². The van der Waals surface area contributed by atoms with Crippen molar-refractivity contribution in [2.75, 3.05) is 13.2 Å². The Bertz CT molecular complexity index is 402. The highest BCUT2D eigenvalue weighted by molar-refractivity contribution is 5.44. The summed E-state index contributed by atoms with van der Waals surface area (Å²) in [6, 6.07) is 6.08. The van der Waals surface area contributed by atoms with Gasteiger partial charge in [0.1, 0.15) is 0 Å². The lowest BCUT2D eigenvalue weighted by molar-refractivity contribution is 0.229. The Kier molecular flexibility index (Phi) is 6.86. The van der Waals surface area contributed by atoms with Gasteiger partial charge < -0.3 is 15.2 Å². The predicted molar refractivity (Wildman–Crippen MR) is 84.3 cm³/mol. The largest absolute Gasteiger partial charge is 0.489 e. The van der Waals surface area contributed by atoms with E-state index in [9.17, 15) is 0 Å². The summed E-state index contributed by atoms with van der Waals surface area (Å²) in [7, 11) is 0. The van der Waals surface area contributed by atoms with E-state index in [1.807, 2.05) is 18.2 Å². The van der Waals surface area contributed by atoms with Gasteiger partial charge in [-0.2, -0.15) is 0 Å². The van der Waals surface area contributed by atoms with E-state index in [2.05, 4.69) is 34.6 Å². The van der Waals surface area contributed by atoms with Crippen molar-refractivity contribution in [3.63, 3.8) is 0 Å². The fraction of sp³-hybridized carbons (Fsp3) is 0.647. The molecular formula is C17H29NO2. The minimum Gasteiger partial charge on any atom is -0.489 e. The van der Waals surface area contributed by atoms with Gasteiger partial charge >= 0.3 is 0 Å². The van der Waals surface area contributed by atoms with Crippen molar-refractivity contribution in [2.45, 2.75) is 47.1 Å². The Morgan fingerprint density at radius 3 is 2.00 bits per heavy atom. The molecule has 0 aromatic heterocycles. The maximum atomic E-state index is 6.09. The van der Waals surface area contributed by atoms with Crippen LogP contribution in [-0.4, -0.2) is 13.2 Å². The zero-order chi connectivity index (χ0) is 15.1. The number of ether oxygens (including phenoxy) is 2. The van der Waals surface area contributed by atoms with Gasteiger partial charge in [-0.1, -0.05) is 40.7 Å². The molecule has 3 nitrogen and oxygen atoms in total. The number of benzene rings is 1. The molecule has 0 saturated heterocycles. The summed E-state index contributed by atoms with van der Waals surface area (Å²) in [5.41, 5.74) is 7.20. The molecule has 3 heteroatoms. The minimum absolute atomic E-state index is 0.0514. The molecular weight excluding hydrogens is 250 g/mol. The van der Waals surface area contributed by atoms with E-state index in [-0.39, 0.29) is 6.04 Å². The Balaban J connectivity index is 2.90. The molecule has 2 N–H and O–H groups in total. The normalized spacial score (nSPS) is 12.8. The third kappa shape index (κ3) is 5.41. The lowest BCUT2D eigenvalue weighted by Gasteiger charge is -2.18. The fourth-order valence-electron chi connectivity index (χ4n) is 1.74. The second-order valence-electron chi connectivity index (χ2n) is 6.13. The first kappa shape index (κ1) is 16.8. The Morgan fingerprint density at radius 1 is 0.950 bits per heavy atom. The van der Waals surface area contributed by atoms with Crippen molar-refractivity contribution in [1.29, 1.82) is 0 Å². The number of nitrogens with two attached hydrogens (primary N) is 1. The zero-order valence-electron chi connectivity index (χ0n) is 13.5. The van der Waals surface area contributed by atoms with Crippen molar-refractivity contribution < 1.29 is 9.47 Å². The summed E-state index contributed by atoms with van der Waals surface area (Å²) in [5.74, 6) is 2.59. The summed E-state index contributed by atoms with van der Waals surface area (Å²) in [4.78, 5) is 0. The summed E-state index contributed by atoms with van der Waals surface area (Å²) in [6.07, 6.45) is 0.913. The van der Waals surface area contributed by atoms with Gasteiger partial charge in [-0.25, -0.2) is 0 Å². The molecule has 1 rings (SSSR count). The third-order valence-electron chi connectivity index (χ3n) is 2.98. The molecule has 0 aliphatic carbocycles. The van der Waals surface area contributed by atoms with Crippen molar-refractivity contribution in [3.05, 3.63) is 23.8 Å². The van der Waals surface area contributed by atoms with Gasteiger partial charge in [0, 0.05) is 6.04 Å². The molecule has 0 saturated carbocycles. The maximum absolute atomic E-state index is 6.09. The third-order valence-corrected chi connectivity index (χ3v) is 2.98. The summed E-state index contributed by atoms with van der Waals surface area (Å²) >= 11 is 0. The van der Waals surface area contributed by atoms with Crippen LogP contribution in [0.4, 0.5) is 0 Å². The van der Waals surface area contributed by atoms with Crippen LogP contribution < -0.4 is 15.2 Å². The predicted octanol–water partition coefficient (Wildman–Crippen LogP) is 4.17. The van der Waals surface area contributed by atoms with E-state index in [1.165, 1.54) is 0 Å². The number of hydrogen-bond acceptors (Lipinski definition) is 3. The van der Waals surface area contributed by atoms with E-state index < -0.39 is 0 Å². The average Bonchev–Trinajstić information content (AvgIpc) is 2.42. The lowest BCUT2D eigenvalue weighted by atomic mass is 10.0. The highest BCUT2D eigenvalue weighted by Crippen LogP contribution is 2.31. The van der Waals surface area contributed by atoms with Crippen LogP contribution in [0.1, 0.15) is 52.6 Å². The van der Waals surface area contributed by atoms with Gasteiger partial charge in [0.2, 0.25) is 0 Å². The second-order valence-corrected chi connectivity index (χ2v) is 6.13. The van der Waals surface area contributed by atoms with E-state index in [1.54, 1.807) is 0 Å². The van der Waals surface area contributed by atoms with Crippen LogP contribution in [0.15, 0.2) is 18.2 Å². The molecule has 114 valence electrons. The molecule has 0 fully saturated rings. The molecule has 20 heavy (non-hydrogen) atoms. The van der Waals surface area contributed by atoms with Crippen molar-refractivity contribution in [1.82, 2.24) is 0 Å². The van der Waals surface area contributed by atoms with Crippen LogP contribution in [0.25, 0.3) is 0 Å². The molecule has 0 heterocycles. The Morgan fingerprint density at radius 2 is 1.50 bits per heavy atom. The molecule has 0 amide bonds. The van der Waals surface area contributed by atoms with E-state index in [4.69, 9.17) is 15.2 Å². The van der Waals surface area contributed by atoms with Gasteiger partial charge in [-0.3, -0.25) is 0 Å². The van der Waals surface area contributed by atoms with Gasteiger partial charge in [0.05, 0.1) is 13.2 Å². The molecule has 1 unspecified atom stereocenters. The first-order valence-corrected chi connectivity index (χ1v) is 7.59. The molecule has 1 aromatic carbocycles. The Labute approximate surface area is 123 Å². The van der Waals surface area contributed by atoms with Crippen LogP contribution >= 0.6 is 0 Å². The van der Waals surface area contributed by atoms with E-state index in [0.29, 0.717) is 25.0 Å². The zero-order valence-corrected chi connectivity index (χ0v) is 13.5. The summed E-state index contributed by atoms with van der Waals surface area (Å²) < 4.78 is 11.7. The molecule has 0 bridgehead atoms. The van der Waals surface area contributed by atoms with Crippen molar-refractivity contribution >= 4 is 0 Å². The van der Waals surface area contributed by atoms with Gasteiger partial charge in [0.15, 0.2) is 11.5 Å². The van der Waals surface area contributed by atoms with E-state index in [0.717, 1.165) is 23.5 Å². The smallest absolute Gasteiger partial charge is 0.161 e. The molecule has 0 radical (unpaired) electrons. The van der Waals surface area contributed by atoms with Crippen LogP contribution in [0.2, 0.25) is 0 Å². The maximum Gasteiger partial charge on any atom is 0.161 e. The minimum atomic E-state index is 0.0514. The monoisotopic (exact) mass is 279 g/mol. The van der Waals surface area contributed by atoms with Crippen LogP contribution in [0, 0.1) is 11.8 Å². The van der Waals surface area contributed by atoms with Crippen LogP contribution in [-0.2, 0) is 0 Å². The first-order valence-electron chi connectivity index (χ1n) is 7.59. The second kappa shape index (κ2) is 8.15. The number of hydrogen-bond donors (Lipinski definition) is 1. The van der Waals surface area contributed by atoms with E-state index >= 15 is 0 Å². The van der Waals surface area contributed by atoms with Crippen LogP contribution in [0.3, 0.4) is 0 Å². The summed E-state index contributed by atoms with van der Waals surface area (Å²) in [5, 5.41) is 0. The highest BCUT2D eigenvalue weighted by atomic mass is 16.5. The molecule has 1 atom stereocenters. The number of rotatable bonds is 8. The van der Waals surface area contributed by atoms with Gasteiger partial charge in [0.25, 0.3) is 0 Å². The standard InChI is InChI=1S/C17H29NO2/c1-6-15(18)14-7-8-16(19-10-12(2)3)17(9-14)20-11-13(4)5/h7-9,12-13,15H,6,10-11,18H2,1-5H3. The SMILES string of the molecule is CCC(N)c1ccc(OCC(C)C)c(OCC(C)C)c1. The fourth-order valence-corrected chi connectivity index (χ4v) is 1.74. The average molecular weight is 279 g/mol. The Hall–Kier alpha value is -1.22. The van der Waals surface area contributed by atoms with Crippen molar-refractivity contribution in [2.24, 2.45) is 17.6 Å². The lowest BCUT2D eigenvalue weighted by Crippen LogP contribution is -2.12. The molecule has 0 aliphatic rings. The summed E-state index contributed by atoms with van der Waals surface area (Å²) in [6.45, 7) is 12.0. The first-order chi connectivity index (χ1) is 9.43. The topological polar surface area (TPSA) is 44.5 Å². The van der Waals surface area contributed by atoms with Gasteiger partial charge in [-0.15, -0.1) is 0 Å².